The van der Waals surface area contributed by atoms with E-state index in [4.69, 9.17) is 10.2 Å². The monoisotopic (exact) mass is 345 g/mol. The summed E-state index contributed by atoms with van der Waals surface area (Å²) < 4.78 is 0. The smallest absolute Gasteiger partial charge is 0.321 e. The lowest BCUT2D eigenvalue weighted by Crippen LogP contribution is -2.47. The molecule has 0 aromatic carbocycles. The van der Waals surface area contributed by atoms with E-state index in [9.17, 15) is 24.3 Å². The van der Waals surface area contributed by atoms with E-state index >= 15 is 0 Å². The number of nitrogens with zero attached hydrogens (tertiary/aromatic N) is 3. The van der Waals surface area contributed by atoms with E-state index in [1.807, 2.05) is 0 Å². The number of aliphatic carboxylic acids is 3. The van der Waals surface area contributed by atoms with Crippen LogP contribution in [0.25, 0.3) is 0 Å². The molecule has 1 heterocycles. The maximum Gasteiger partial charge on any atom is 0.321 e. The van der Waals surface area contributed by atoms with Crippen LogP contribution in [0.2, 0.25) is 0 Å². The highest BCUT2D eigenvalue weighted by molar-refractivity contribution is 5.77. The number of carbonyl (C=O) groups is 4. The normalized spacial score (nSPS) is 19.7. The number of carboxylic acid groups (broad SMARTS) is 3. The Morgan fingerprint density at radius 1 is 0.833 bits per heavy atom. The van der Waals surface area contributed by atoms with E-state index < -0.39 is 23.9 Å². The van der Waals surface area contributed by atoms with Gasteiger partial charge in [0.05, 0.1) is 13.1 Å². The molecule has 0 saturated carbocycles. The summed E-state index contributed by atoms with van der Waals surface area (Å²) in [5.74, 6) is -3.14. The Hall–Kier alpha value is -2.04. The van der Waals surface area contributed by atoms with E-state index in [2.05, 4.69) is 0 Å². The van der Waals surface area contributed by atoms with Crippen molar-refractivity contribution in [2.45, 2.75) is 12.5 Å². The van der Waals surface area contributed by atoms with Crippen molar-refractivity contribution in [2.75, 3.05) is 52.4 Å². The summed E-state index contributed by atoms with van der Waals surface area (Å²) in [4.78, 5) is 48.8. The van der Waals surface area contributed by atoms with Crippen molar-refractivity contribution < 1.29 is 34.5 Å². The van der Waals surface area contributed by atoms with Crippen LogP contribution >= 0.6 is 0 Å². The molecule has 10 nitrogen and oxygen atoms in total. The van der Waals surface area contributed by atoms with Crippen LogP contribution in [-0.2, 0) is 19.2 Å². The molecule has 10 heteroatoms. The molecule has 136 valence electrons. The molecule has 3 N–H and O–H groups in total. The van der Waals surface area contributed by atoms with Gasteiger partial charge in [-0.05, 0) is 0 Å². The number of carboxylic acids is 3. The Morgan fingerprint density at radius 2 is 1.25 bits per heavy atom. The Kier molecular flexibility index (Phi) is 8.30. The first kappa shape index (κ1) is 20.0. The molecule has 1 fully saturated rings. The second kappa shape index (κ2) is 9.96. The standard InChI is InChI=1S/C14H23N3O7/c18-8-1-11(14(23)24)17-6-4-15(9-12(19)20)2-3-16(5-7-17)10-13(21)22/h8,11H,1-7,9-10H2,(H,19,20)(H,21,22)(H,23,24). The van der Waals surface area contributed by atoms with Gasteiger partial charge >= 0.3 is 17.9 Å². The summed E-state index contributed by atoms with van der Waals surface area (Å²) in [6.07, 6.45) is 0.364. The minimum atomic E-state index is -1.13. The van der Waals surface area contributed by atoms with E-state index in [-0.39, 0.29) is 19.5 Å². The van der Waals surface area contributed by atoms with Gasteiger partial charge in [-0.3, -0.25) is 29.1 Å². The Labute approximate surface area is 139 Å². The predicted octanol–water partition coefficient (Wildman–Crippen LogP) is -1.88. The molecule has 0 radical (unpaired) electrons. The SMILES string of the molecule is O=CCC(C(=O)O)N1CCN(CC(=O)O)CCN(CC(=O)O)CC1. The third-order valence-electron chi connectivity index (χ3n) is 3.90. The molecule has 0 bridgehead atoms. The predicted molar refractivity (Wildman–Crippen MR) is 81.8 cm³/mol. The first-order chi connectivity index (χ1) is 11.3. The van der Waals surface area contributed by atoms with Crippen LogP contribution in [0, 0.1) is 0 Å². The third-order valence-corrected chi connectivity index (χ3v) is 3.90. The van der Waals surface area contributed by atoms with Crippen molar-refractivity contribution in [3.63, 3.8) is 0 Å². The van der Waals surface area contributed by atoms with Crippen molar-refractivity contribution >= 4 is 24.2 Å². The van der Waals surface area contributed by atoms with Gasteiger partial charge in [0.25, 0.3) is 0 Å². The van der Waals surface area contributed by atoms with Gasteiger partial charge in [-0.2, -0.15) is 0 Å². The maximum atomic E-state index is 11.4. The first-order valence-corrected chi connectivity index (χ1v) is 7.62. The largest absolute Gasteiger partial charge is 0.480 e. The average molecular weight is 345 g/mol. The first-order valence-electron chi connectivity index (χ1n) is 7.62. The molecular formula is C14H23N3O7. The quantitative estimate of drug-likeness (QED) is 0.428. The van der Waals surface area contributed by atoms with Crippen LogP contribution in [0.3, 0.4) is 0 Å². The molecule has 0 aliphatic carbocycles. The van der Waals surface area contributed by atoms with E-state index in [0.717, 1.165) is 0 Å². The summed E-state index contributed by atoms with van der Waals surface area (Å²) in [5, 5.41) is 27.2. The number of hydrogen-bond donors (Lipinski definition) is 3. The molecular weight excluding hydrogens is 322 g/mol. The Morgan fingerprint density at radius 3 is 1.58 bits per heavy atom. The highest BCUT2D eigenvalue weighted by atomic mass is 16.4. The Bertz CT molecular complexity index is 443. The lowest BCUT2D eigenvalue weighted by Gasteiger charge is -2.29. The Balaban J connectivity index is 2.88. The van der Waals surface area contributed by atoms with Crippen LogP contribution in [0.15, 0.2) is 0 Å². The zero-order valence-electron chi connectivity index (χ0n) is 13.3. The van der Waals surface area contributed by atoms with Crippen molar-refractivity contribution in [1.82, 2.24) is 14.7 Å². The topological polar surface area (TPSA) is 139 Å². The van der Waals surface area contributed by atoms with E-state index in [0.29, 0.717) is 45.6 Å². The summed E-state index contributed by atoms with van der Waals surface area (Å²) in [6, 6.07) is -1.00. The average Bonchev–Trinajstić information content (AvgIpc) is 2.56. The fraction of sp³-hybridized carbons (Fsp3) is 0.714. The second-order valence-corrected chi connectivity index (χ2v) is 5.63. The molecule has 0 spiro atoms. The van der Waals surface area contributed by atoms with Crippen LogP contribution in [0.5, 0.6) is 0 Å². The van der Waals surface area contributed by atoms with Crippen LogP contribution in [0.1, 0.15) is 6.42 Å². The van der Waals surface area contributed by atoms with Crippen LogP contribution < -0.4 is 0 Å². The molecule has 1 atom stereocenters. The van der Waals surface area contributed by atoms with Gasteiger partial charge in [0, 0.05) is 45.7 Å². The van der Waals surface area contributed by atoms with Gasteiger partial charge in [-0.1, -0.05) is 0 Å². The van der Waals surface area contributed by atoms with Crippen molar-refractivity contribution in [1.29, 1.82) is 0 Å². The van der Waals surface area contributed by atoms with Gasteiger partial charge in [-0.25, -0.2) is 0 Å². The summed E-state index contributed by atoms with van der Waals surface area (Å²) in [7, 11) is 0. The fourth-order valence-electron chi connectivity index (χ4n) is 2.67. The van der Waals surface area contributed by atoms with Crippen molar-refractivity contribution in [3.05, 3.63) is 0 Å². The van der Waals surface area contributed by atoms with Gasteiger partial charge < -0.3 is 20.1 Å². The molecule has 0 aromatic rings. The molecule has 0 aromatic heterocycles. The second-order valence-electron chi connectivity index (χ2n) is 5.63. The van der Waals surface area contributed by atoms with Crippen LogP contribution in [-0.4, -0.2) is 113 Å². The summed E-state index contributed by atoms with van der Waals surface area (Å²) in [5.41, 5.74) is 0. The number of rotatable bonds is 8. The van der Waals surface area contributed by atoms with Crippen molar-refractivity contribution in [3.8, 4) is 0 Å². The van der Waals surface area contributed by atoms with Gasteiger partial charge in [0.2, 0.25) is 0 Å². The number of aldehydes is 1. The van der Waals surface area contributed by atoms with Crippen molar-refractivity contribution in [2.24, 2.45) is 0 Å². The maximum absolute atomic E-state index is 11.4. The number of carbonyl (C=O) groups excluding carboxylic acids is 1. The summed E-state index contributed by atoms with van der Waals surface area (Å²) in [6.45, 7) is 1.57. The zero-order valence-corrected chi connectivity index (χ0v) is 13.3. The fourth-order valence-corrected chi connectivity index (χ4v) is 2.67. The molecule has 0 amide bonds. The lowest BCUT2D eigenvalue weighted by atomic mass is 10.2. The molecule has 1 rings (SSSR count). The highest BCUT2D eigenvalue weighted by Crippen LogP contribution is 2.07. The summed E-state index contributed by atoms with van der Waals surface area (Å²) >= 11 is 0. The third kappa shape index (κ3) is 7.02. The van der Waals surface area contributed by atoms with Crippen LogP contribution in [0.4, 0.5) is 0 Å². The minimum Gasteiger partial charge on any atom is -0.480 e. The lowest BCUT2D eigenvalue weighted by molar-refractivity contribution is -0.145. The molecule has 1 aliphatic rings. The van der Waals surface area contributed by atoms with Gasteiger partial charge in [0.1, 0.15) is 12.3 Å². The zero-order chi connectivity index (χ0) is 18.1. The molecule has 1 saturated heterocycles. The number of hydrogen-bond acceptors (Lipinski definition) is 7. The van der Waals surface area contributed by atoms with Gasteiger partial charge in [0.15, 0.2) is 0 Å². The van der Waals surface area contributed by atoms with Gasteiger partial charge in [-0.15, -0.1) is 0 Å². The van der Waals surface area contributed by atoms with E-state index in [1.54, 1.807) is 14.7 Å². The van der Waals surface area contributed by atoms with E-state index in [1.165, 1.54) is 0 Å². The molecule has 24 heavy (non-hydrogen) atoms. The highest BCUT2D eigenvalue weighted by Gasteiger charge is 2.27. The minimum absolute atomic E-state index is 0.173. The molecule has 1 aliphatic heterocycles. The molecule has 1 unspecified atom stereocenters.